The van der Waals surface area contributed by atoms with Crippen LogP contribution in [0, 0.1) is 5.92 Å². The summed E-state index contributed by atoms with van der Waals surface area (Å²) in [6.45, 7) is 1.06. The first-order valence-corrected chi connectivity index (χ1v) is 9.97. The maximum atomic E-state index is 12.5. The zero-order valence-electron chi connectivity index (χ0n) is 15.1. The first-order valence-electron chi connectivity index (χ1n) is 9.09. The van der Waals surface area contributed by atoms with Gasteiger partial charge in [-0.05, 0) is 54.4 Å². The Morgan fingerprint density at radius 3 is 2.48 bits per heavy atom. The molecule has 1 aliphatic rings. The molecule has 2 atom stereocenters. The summed E-state index contributed by atoms with van der Waals surface area (Å²) in [5.74, 6) is 0.246. The Morgan fingerprint density at radius 2 is 1.81 bits per heavy atom. The summed E-state index contributed by atoms with van der Waals surface area (Å²) < 4.78 is 0. The molecule has 0 saturated heterocycles. The molecule has 1 fully saturated rings. The van der Waals surface area contributed by atoms with Gasteiger partial charge in [-0.3, -0.25) is 9.59 Å². The fourth-order valence-corrected chi connectivity index (χ4v) is 4.02. The normalized spacial score (nSPS) is 19.0. The van der Waals surface area contributed by atoms with E-state index in [9.17, 15) is 9.59 Å². The minimum atomic E-state index is -0.0769. The van der Waals surface area contributed by atoms with E-state index in [4.69, 9.17) is 5.73 Å². The number of rotatable bonds is 6. The van der Waals surface area contributed by atoms with Crippen LogP contribution in [-0.2, 0) is 6.54 Å². The highest BCUT2D eigenvalue weighted by Crippen LogP contribution is 2.23. The van der Waals surface area contributed by atoms with E-state index in [1.54, 1.807) is 6.07 Å². The summed E-state index contributed by atoms with van der Waals surface area (Å²) in [5.41, 5.74) is 7.44. The lowest BCUT2D eigenvalue weighted by molar-refractivity contribution is 0.0906. The smallest absolute Gasteiger partial charge is 0.261 e. The highest BCUT2D eigenvalue weighted by Gasteiger charge is 2.25. The SMILES string of the molecule is Cl.NCC1CCCCC1NC(=O)c1ccc(CNC(=O)c2cccs2)cc1. The topological polar surface area (TPSA) is 84.2 Å². The van der Waals surface area contributed by atoms with Crippen molar-refractivity contribution in [3.8, 4) is 0 Å². The average molecular weight is 408 g/mol. The molecule has 2 unspecified atom stereocenters. The van der Waals surface area contributed by atoms with Crippen LogP contribution in [0.3, 0.4) is 0 Å². The van der Waals surface area contributed by atoms with E-state index in [-0.39, 0.29) is 30.3 Å². The molecule has 146 valence electrons. The minimum Gasteiger partial charge on any atom is -0.349 e. The van der Waals surface area contributed by atoms with Crippen molar-refractivity contribution in [1.29, 1.82) is 0 Å². The van der Waals surface area contributed by atoms with Gasteiger partial charge in [0.1, 0.15) is 0 Å². The number of carbonyl (C=O) groups excluding carboxylic acids is 2. The first-order chi connectivity index (χ1) is 12.7. The first kappa shape index (κ1) is 21.4. The molecular weight excluding hydrogens is 382 g/mol. The quantitative estimate of drug-likeness (QED) is 0.686. The van der Waals surface area contributed by atoms with Gasteiger partial charge in [-0.25, -0.2) is 0 Å². The second kappa shape index (κ2) is 10.4. The predicted molar refractivity (Wildman–Crippen MR) is 111 cm³/mol. The van der Waals surface area contributed by atoms with Crippen LogP contribution in [0.2, 0.25) is 0 Å². The van der Waals surface area contributed by atoms with Crippen LogP contribution in [0.4, 0.5) is 0 Å². The number of halogens is 1. The van der Waals surface area contributed by atoms with Crippen LogP contribution in [0.15, 0.2) is 41.8 Å². The lowest BCUT2D eigenvalue weighted by atomic mass is 9.84. The molecule has 0 aliphatic heterocycles. The molecule has 1 aliphatic carbocycles. The molecule has 2 aromatic rings. The molecule has 1 aromatic heterocycles. The monoisotopic (exact) mass is 407 g/mol. The predicted octanol–water partition coefficient (Wildman–Crippen LogP) is 3.35. The van der Waals surface area contributed by atoms with Gasteiger partial charge in [-0.1, -0.05) is 31.0 Å². The zero-order valence-corrected chi connectivity index (χ0v) is 16.8. The summed E-state index contributed by atoms with van der Waals surface area (Å²) in [7, 11) is 0. The summed E-state index contributed by atoms with van der Waals surface area (Å²) >= 11 is 1.42. The van der Waals surface area contributed by atoms with Gasteiger partial charge in [0.25, 0.3) is 11.8 Å². The van der Waals surface area contributed by atoms with E-state index >= 15 is 0 Å². The van der Waals surface area contributed by atoms with E-state index < -0.39 is 0 Å². The van der Waals surface area contributed by atoms with Crippen molar-refractivity contribution >= 4 is 35.6 Å². The van der Waals surface area contributed by atoms with Gasteiger partial charge in [0.2, 0.25) is 0 Å². The van der Waals surface area contributed by atoms with E-state index in [1.807, 2.05) is 35.7 Å². The highest BCUT2D eigenvalue weighted by molar-refractivity contribution is 7.12. The molecular formula is C20H26ClN3O2S. The number of hydrogen-bond donors (Lipinski definition) is 3. The Hall–Kier alpha value is -1.89. The van der Waals surface area contributed by atoms with Crippen LogP contribution in [0.25, 0.3) is 0 Å². The van der Waals surface area contributed by atoms with E-state index in [2.05, 4.69) is 10.6 Å². The van der Waals surface area contributed by atoms with Crippen molar-refractivity contribution in [2.75, 3.05) is 6.54 Å². The van der Waals surface area contributed by atoms with Crippen LogP contribution in [0.1, 0.15) is 51.3 Å². The molecule has 1 aromatic carbocycles. The van der Waals surface area contributed by atoms with Crippen molar-refractivity contribution in [2.24, 2.45) is 11.7 Å². The molecule has 2 amide bonds. The Bertz CT molecular complexity index is 734. The van der Waals surface area contributed by atoms with Gasteiger partial charge in [0.15, 0.2) is 0 Å². The molecule has 1 heterocycles. The Morgan fingerprint density at radius 1 is 1.07 bits per heavy atom. The summed E-state index contributed by atoms with van der Waals surface area (Å²) in [6, 6.07) is 11.2. The maximum Gasteiger partial charge on any atom is 0.261 e. The molecule has 4 N–H and O–H groups in total. The maximum absolute atomic E-state index is 12.5. The number of amides is 2. The highest BCUT2D eigenvalue weighted by atomic mass is 35.5. The van der Waals surface area contributed by atoms with Crippen LogP contribution < -0.4 is 16.4 Å². The van der Waals surface area contributed by atoms with Gasteiger partial charge < -0.3 is 16.4 Å². The summed E-state index contributed by atoms with van der Waals surface area (Å²) in [5, 5.41) is 7.90. The fourth-order valence-electron chi connectivity index (χ4n) is 3.38. The van der Waals surface area contributed by atoms with Crippen molar-refractivity contribution in [3.05, 3.63) is 57.8 Å². The van der Waals surface area contributed by atoms with Crippen LogP contribution in [0.5, 0.6) is 0 Å². The second-order valence-corrected chi connectivity index (χ2v) is 7.66. The summed E-state index contributed by atoms with van der Waals surface area (Å²) in [6.07, 6.45) is 4.43. The standard InChI is InChI=1S/C20H25N3O2S.ClH/c21-12-16-4-1-2-5-17(16)23-19(24)15-9-7-14(8-10-15)13-22-20(25)18-6-3-11-26-18;/h3,6-11,16-17H,1-2,4-5,12-13,21H2,(H,22,25)(H,23,24);1H. The third kappa shape index (κ3) is 5.79. The number of nitrogens with one attached hydrogen (secondary N) is 2. The molecule has 3 rings (SSSR count). The van der Waals surface area contributed by atoms with Crippen LogP contribution >= 0.6 is 23.7 Å². The van der Waals surface area contributed by atoms with Crippen LogP contribution in [-0.4, -0.2) is 24.4 Å². The number of carbonyl (C=O) groups is 2. The molecule has 7 heteroatoms. The zero-order chi connectivity index (χ0) is 18.4. The molecule has 1 saturated carbocycles. The van der Waals surface area contributed by atoms with Gasteiger partial charge in [-0.15, -0.1) is 23.7 Å². The Kier molecular flexibility index (Phi) is 8.28. The van der Waals surface area contributed by atoms with Gasteiger partial charge in [0, 0.05) is 18.2 Å². The molecule has 27 heavy (non-hydrogen) atoms. The molecule has 0 spiro atoms. The van der Waals surface area contributed by atoms with E-state index in [0.29, 0.717) is 29.4 Å². The molecule has 0 bridgehead atoms. The van der Waals surface area contributed by atoms with E-state index in [0.717, 1.165) is 24.8 Å². The van der Waals surface area contributed by atoms with Gasteiger partial charge in [0.05, 0.1) is 4.88 Å². The second-order valence-electron chi connectivity index (χ2n) is 6.72. The van der Waals surface area contributed by atoms with Crippen molar-refractivity contribution in [1.82, 2.24) is 10.6 Å². The molecule has 5 nitrogen and oxygen atoms in total. The third-order valence-corrected chi connectivity index (χ3v) is 5.81. The largest absolute Gasteiger partial charge is 0.349 e. The van der Waals surface area contributed by atoms with E-state index in [1.165, 1.54) is 17.8 Å². The Labute approximate surface area is 170 Å². The fraction of sp³-hybridized carbons (Fsp3) is 0.400. The Balaban J connectivity index is 0.00000261. The van der Waals surface area contributed by atoms with Crippen molar-refractivity contribution in [2.45, 2.75) is 38.3 Å². The number of hydrogen-bond acceptors (Lipinski definition) is 4. The van der Waals surface area contributed by atoms with Crippen molar-refractivity contribution < 1.29 is 9.59 Å². The lowest BCUT2D eigenvalue weighted by Gasteiger charge is -2.31. The summed E-state index contributed by atoms with van der Waals surface area (Å²) in [4.78, 5) is 25.1. The minimum absolute atomic E-state index is 0. The van der Waals surface area contributed by atoms with Gasteiger partial charge in [-0.2, -0.15) is 0 Å². The number of nitrogens with two attached hydrogens (primary N) is 1. The molecule has 0 radical (unpaired) electrons. The number of thiophene rings is 1. The lowest BCUT2D eigenvalue weighted by Crippen LogP contribution is -2.44. The third-order valence-electron chi connectivity index (χ3n) is 4.94. The number of benzene rings is 1. The van der Waals surface area contributed by atoms with Crippen molar-refractivity contribution in [3.63, 3.8) is 0 Å². The average Bonchev–Trinajstić information content (AvgIpc) is 3.22. The van der Waals surface area contributed by atoms with Gasteiger partial charge >= 0.3 is 0 Å².